The number of amides is 1. The standard InChI is InChI=1S/C22H28ClN3O/c1-17(2)15-24-22(27)19-8-6-18(7-9-19)16-25-10-12-26(13-11-25)21-5-3-4-20(23)14-21/h3-9,14,17H,10-13,15-16H2,1-2H3,(H,24,27). The number of hydrogen-bond acceptors (Lipinski definition) is 3. The summed E-state index contributed by atoms with van der Waals surface area (Å²) >= 11 is 6.10. The Morgan fingerprint density at radius 1 is 1.07 bits per heavy atom. The number of carbonyl (C=O) groups is 1. The third kappa shape index (κ3) is 5.72. The Hall–Kier alpha value is -2.04. The number of nitrogens with zero attached hydrogens (tertiary/aromatic N) is 2. The molecule has 1 saturated heterocycles. The first-order chi connectivity index (χ1) is 13.0. The Morgan fingerprint density at radius 3 is 2.41 bits per heavy atom. The van der Waals surface area contributed by atoms with Gasteiger partial charge in [-0.2, -0.15) is 0 Å². The highest BCUT2D eigenvalue weighted by Gasteiger charge is 2.17. The summed E-state index contributed by atoms with van der Waals surface area (Å²) in [6, 6.07) is 16.0. The third-order valence-electron chi connectivity index (χ3n) is 4.84. The van der Waals surface area contributed by atoms with Crippen molar-refractivity contribution in [2.75, 3.05) is 37.6 Å². The van der Waals surface area contributed by atoms with Crippen molar-refractivity contribution in [1.82, 2.24) is 10.2 Å². The Morgan fingerprint density at radius 2 is 1.78 bits per heavy atom. The van der Waals surface area contributed by atoms with E-state index in [-0.39, 0.29) is 5.91 Å². The van der Waals surface area contributed by atoms with Crippen LogP contribution in [0.15, 0.2) is 48.5 Å². The predicted octanol–water partition coefficient (Wildman–Crippen LogP) is 4.05. The van der Waals surface area contributed by atoms with Gasteiger partial charge in [-0.15, -0.1) is 0 Å². The van der Waals surface area contributed by atoms with Crippen molar-refractivity contribution < 1.29 is 4.79 Å². The lowest BCUT2D eigenvalue weighted by atomic mass is 10.1. The van der Waals surface area contributed by atoms with Gasteiger partial charge in [-0.3, -0.25) is 9.69 Å². The van der Waals surface area contributed by atoms with Gasteiger partial charge >= 0.3 is 0 Å². The fraction of sp³-hybridized carbons (Fsp3) is 0.409. The average Bonchev–Trinajstić information content (AvgIpc) is 2.67. The van der Waals surface area contributed by atoms with Crippen molar-refractivity contribution in [1.29, 1.82) is 0 Å². The van der Waals surface area contributed by atoms with Crippen LogP contribution in [0, 0.1) is 5.92 Å². The molecule has 1 fully saturated rings. The zero-order valence-corrected chi connectivity index (χ0v) is 16.9. The van der Waals surface area contributed by atoms with Crippen molar-refractivity contribution in [3.63, 3.8) is 0 Å². The molecule has 1 aliphatic heterocycles. The first kappa shape index (κ1) is 19.7. The zero-order valence-electron chi connectivity index (χ0n) is 16.1. The van der Waals surface area contributed by atoms with E-state index in [0.717, 1.165) is 43.3 Å². The van der Waals surface area contributed by atoms with Crippen LogP contribution < -0.4 is 10.2 Å². The lowest BCUT2D eigenvalue weighted by molar-refractivity contribution is 0.0949. The van der Waals surface area contributed by atoms with E-state index in [4.69, 9.17) is 11.6 Å². The summed E-state index contributed by atoms with van der Waals surface area (Å²) in [5.41, 5.74) is 3.16. The van der Waals surface area contributed by atoms with Crippen LogP contribution in [0.4, 0.5) is 5.69 Å². The molecule has 5 heteroatoms. The van der Waals surface area contributed by atoms with Gasteiger partial charge in [-0.25, -0.2) is 0 Å². The van der Waals surface area contributed by atoms with Crippen molar-refractivity contribution in [3.8, 4) is 0 Å². The van der Waals surface area contributed by atoms with Crippen LogP contribution in [-0.4, -0.2) is 43.5 Å². The quantitative estimate of drug-likeness (QED) is 0.814. The van der Waals surface area contributed by atoms with Gasteiger partial charge < -0.3 is 10.2 Å². The van der Waals surface area contributed by atoms with E-state index >= 15 is 0 Å². The maximum atomic E-state index is 12.1. The molecule has 0 spiro atoms. The maximum absolute atomic E-state index is 12.1. The number of rotatable bonds is 6. The van der Waals surface area contributed by atoms with E-state index in [1.807, 2.05) is 30.3 Å². The second kappa shape index (κ2) is 9.25. The Bertz CT molecular complexity index is 752. The molecule has 3 rings (SSSR count). The van der Waals surface area contributed by atoms with E-state index in [1.54, 1.807) is 0 Å². The second-order valence-electron chi connectivity index (χ2n) is 7.54. The molecular formula is C22H28ClN3O. The molecule has 0 aromatic heterocycles. The number of hydrogen-bond donors (Lipinski definition) is 1. The van der Waals surface area contributed by atoms with Gasteiger partial charge in [-0.1, -0.05) is 43.6 Å². The Labute approximate surface area is 167 Å². The van der Waals surface area contributed by atoms with Crippen LogP contribution in [0.1, 0.15) is 29.8 Å². The van der Waals surface area contributed by atoms with Gasteiger partial charge in [0.2, 0.25) is 0 Å². The highest BCUT2D eigenvalue weighted by atomic mass is 35.5. The molecule has 0 aliphatic carbocycles. The SMILES string of the molecule is CC(C)CNC(=O)c1ccc(CN2CCN(c3cccc(Cl)c3)CC2)cc1. The first-order valence-electron chi connectivity index (χ1n) is 9.61. The predicted molar refractivity (Wildman–Crippen MR) is 113 cm³/mol. The number of piperazine rings is 1. The van der Waals surface area contributed by atoms with Gasteiger partial charge in [0, 0.05) is 55.5 Å². The molecule has 1 heterocycles. The van der Waals surface area contributed by atoms with Gasteiger partial charge in [0.25, 0.3) is 5.91 Å². The summed E-state index contributed by atoms with van der Waals surface area (Å²) < 4.78 is 0. The van der Waals surface area contributed by atoms with Gasteiger partial charge in [0.15, 0.2) is 0 Å². The summed E-state index contributed by atoms with van der Waals surface area (Å²) in [7, 11) is 0. The van der Waals surface area contributed by atoms with Crippen LogP contribution in [0.25, 0.3) is 0 Å². The summed E-state index contributed by atoms with van der Waals surface area (Å²) in [5.74, 6) is 0.462. The molecule has 0 radical (unpaired) electrons. The third-order valence-corrected chi connectivity index (χ3v) is 5.07. The van der Waals surface area contributed by atoms with E-state index in [0.29, 0.717) is 12.5 Å². The minimum atomic E-state index is 0.00499. The van der Waals surface area contributed by atoms with Crippen molar-refractivity contribution in [2.24, 2.45) is 5.92 Å². The summed E-state index contributed by atoms with van der Waals surface area (Å²) in [6.07, 6.45) is 0. The van der Waals surface area contributed by atoms with E-state index in [9.17, 15) is 4.79 Å². The molecule has 144 valence electrons. The summed E-state index contributed by atoms with van der Waals surface area (Å²) in [4.78, 5) is 16.9. The number of halogens is 1. The van der Waals surface area contributed by atoms with Gasteiger partial charge in [-0.05, 0) is 41.8 Å². The van der Waals surface area contributed by atoms with E-state index < -0.39 is 0 Å². The van der Waals surface area contributed by atoms with E-state index in [2.05, 4.69) is 47.2 Å². The molecule has 0 atom stereocenters. The molecule has 2 aromatic carbocycles. The smallest absolute Gasteiger partial charge is 0.251 e. The van der Waals surface area contributed by atoms with Crippen LogP contribution in [0.5, 0.6) is 0 Å². The van der Waals surface area contributed by atoms with Crippen molar-refractivity contribution in [3.05, 3.63) is 64.7 Å². The number of carbonyl (C=O) groups excluding carboxylic acids is 1. The molecule has 0 saturated carbocycles. The second-order valence-corrected chi connectivity index (χ2v) is 7.98. The van der Waals surface area contributed by atoms with Crippen molar-refractivity contribution >= 4 is 23.2 Å². The molecule has 1 aliphatic rings. The average molecular weight is 386 g/mol. The van der Waals surface area contributed by atoms with Crippen LogP contribution >= 0.6 is 11.6 Å². The molecule has 0 bridgehead atoms. The Kier molecular flexibility index (Phi) is 6.75. The number of benzene rings is 2. The fourth-order valence-electron chi connectivity index (χ4n) is 3.26. The lowest BCUT2D eigenvalue weighted by Gasteiger charge is -2.36. The normalized spacial score (nSPS) is 15.2. The lowest BCUT2D eigenvalue weighted by Crippen LogP contribution is -2.45. The molecule has 1 amide bonds. The summed E-state index contributed by atoms with van der Waals surface area (Å²) in [5, 5.41) is 3.74. The molecule has 4 nitrogen and oxygen atoms in total. The van der Waals surface area contributed by atoms with Gasteiger partial charge in [0.05, 0.1) is 0 Å². The highest BCUT2D eigenvalue weighted by molar-refractivity contribution is 6.30. The van der Waals surface area contributed by atoms with Crippen LogP contribution in [0.3, 0.4) is 0 Å². The minimum absolute atomic E-state index is 0.00499. The Balaban J connectivity index is 1.49. The van der Waals surface area contributed by atoms with Crippen LogP contribution in [0.2, 0.25) is 5.02 Å². The largest absolute Gasteiger partial charge is 0.369 e. The number of anilines is 1. The van der Waals surface area contributed by atoms with Crippen LogP contribution in [-0.2, 0) is 6.54 Å². The number of nitrogens with one attached hydrogen (secondary N) is 1. The molecular weight excluding hydrogens is 358 g/mol. The fourth-order valence-corrected chi connectivity index (χ4v) is 3.44. The van der Waals surface area contributed by atoms with Crippen molar-refractivity contribution in [2.45, 2.75) is 20.4 Å². The van der Waals surface area contributed by atoms with Gasteiger partial charge in [0.1, 0.15) is 0 Å². The molecule has 27 heavy (non-hydrogen) atoms. The molecule has 0 unspecified atom stereocenters. The minimum Gasteiger partial charge on any atom is -0.369 e. The monoisotopic (exact) mass is 385 g/mol. The summed E-state index contributed by atoms with van der Waals surface area (Å²) in [6.45, 7) is 9.83. The highest BCUT2D eigenvalue weighted by Crippen LogP contribution is 2.21. The molecule has 2 aromatic rings. The maximum Gasteiger partial charge on any atom is 0.251 e. The zero-order chi connectivity index (χ0) is 19.2. The molecule has 1 N–H and O–H groups in total. The first-order valence-corrected chi connectivity index (χ1v) is 9.99. The van der Waals surface area contributed by atoms with E-state index in [1.165, 1.54) is 11.3 Å². The topological polar surface area (TPSA) is 35.6 Å².